The number of nitrogens with zero attached hydrogens (tertiary/aromatic N) is 2. The van der Waals surface area contributed by atoms with Gasteiger partial charge in [0.25, 0.3) is 0 Å². The van der Waals surface area contributed by atoms with Gasteiger partial charge in [-0.2, -0.15) is 0 Å². The molecule has 0 saturated carbocycles. The van der Waals surface area contributed by atoms with Gasteiger partial charge in [0, 0.05) is 28.6 Å². The highest BCUT2D eigenvalue weighted by Gasteiger charge is 2.25. The molecular formula is C24H36N3S+. The molecule has 1 atom stereocenters. The quantitative estimate of drug-likeness (QED) is 0.597. The van der Waals surface area contributed by atoms with Crippen LogP contribution in [0.3, 0.4) is 0 Å². The van der Waals surface area contributed by atoms with Crippen molar-refractivity contribution in [2.24, 2.45) is 4.99 Å². The zero-order valence-corrected chi connectivity index (χ0v) is 18.8. The summed E-state index contributed by atoms with van der Waals surface area (Å²) in [7, 11) is 0. The normalized spacial score (nSPS) is 17.8. The van der Waals surface area contributed by atoms with Gasteiger partial charge in [0.1, 0.15) is 6.04 Å². The molecule has 4 heteroatoms. The summed E-state index contributed by atoms with van der Waals surface area (Å²) in [5.41, 5.74) is 3.58. The maximum absolute atomic E-state index is 4.96. The molecule has 1 unspecified atom stereocenters. The number of rotatable bonds is 10. The lowest BCUT2D eigenvalue weighted by atomic mass is 10.1. The number of aliphatic imine (C=N–C) groups is 1. The molecule has 0 bridgehead atoms. The minimum absolute atomic E-state index is 0.475. The van der Waals surface area contributed by atoms with Gasteiger partial charge in [-0.1, -0.05) is 39.5 Å². The van der Waals surface area contributed by atoms with Crippen molar-refractivity contribution in [2.75, 3.05) is 31.1 Å². The van der Waals surface area contributed by atoms with Gasteiger partial charge in [0.05, 0.1) is 24.5 Å². The second-order valence-electron chi connectivity index (χ2n) is 7.81. The van der Waals surface area contributed by atoms with E-state index >= 15 is 0 Å². The number of quaternary nitrogens is 1. The van der Waals surface area contributed by atoms with E-state index in [2.05, 4.69) is 69.0 Å². The minimum atomic E-state index is 0.475. The molecule has 28 heavy (non-hydrogen) atoms. The molecule has 0 aromatic heterocycles. The number of fused-ring (bicyclic) bond motifs is 2. The van der Waals surface area contributed by atoms with Crippen LogP contribution in [-0.4, -0.2) is 37.9 Å². The molecule has 1 aliphatic carbocycles. The molecule has 1 heterocycles. The fourth-order valence-electron chi connectivity index (χ4n) is 4.15. The maximum atomic E-state index is 4.96. The number of hydrogen-bond donors (Lipinski definition) is 1. The fourth-order valence-corrected chi connectivity index (χ4v) is 5.21. The van der Waals surface area contributed by atoms with Crippen LogP contribution in [0.5, 0.6) is 0 Å². The Balaban J connectivity index is 1.84. The van der Waals surface area contributed by atoms with E-state index in [4.69, 9.17) is 4.99 Å². The molecule has 2 aliphatic rings. The Morgan fingerprint density at radius 1 is 1.00 bits per heavy atom. The Hall–Kier alpha value is -1.52. The van der Waals surface area contributed by atoms with Crippen molar-refractivity contribution in [3.8, 4) is 0 Å². The summed E-state index contributed by atoms with van der Waals surface area (Å²) in [5, 5.41) is 0. The van der Waals surface area contributed by atoms with Gasteiger partial charge in [-0.3, -0.25) is 0 Å². The first-order valence-corrected chi connectivity index (χ1v) is 11.9. The smallest absolute Gasteiger partial charge is 0.127 e. The second-order valence-corrected chi connectivity index (χ2v) is 8.90. The van der Waals surface area contributed by atoms with Crippen molar-refractivity contribution in [3.05, 3.63) is 41.3 Å². The molecule has 0 saturated heterocycles. The Bertz CT molecular complexity index is 738. The van der Waals surface area contributed by atoms with Gasteiger partial charge in [-0.05, 0) is 62.1 Å². The second kappa shape index (κ2) is 10.3. The average Bonchev–Trinajstić information content (AvgIpc) is 2.71. The van der Waals surface area contributed by atoms with E-state index in [1.54, 1.807) is 4.90 Å². The summed E-state index contributed by atoms with van der Waals surface area (Å²) >= 11 is 1.91. The summed E-state index contributed by atoms with van der Waals surface area (Å²) < 4.78 is 0. The first-order valence-electron chi connectivity index (χ1n) is 11.1. The number of benzene rings is 1. The SMILES string of the molecule is CCCN(CCC)c1ccc2c(c1)SC1=CC([NH+](CCC)CCC)C=CC1=N2. The van der Waals surface area contributed by atoms with Crippen LogP contribution in [0.25, 0.3) is 0 Å². The molecule has 0 amide bonds. The van der Waals surface area contributed by atoms with Crippen molar-refractivity contribution < 1.29 is 4.90 Å². The van der Waals surface area contributed by atoms with Crippen LogP contribution in [0.2, 0.25) is 0 Å². The summed E-state index contributed by atoms with van der Waals surface area (Å²) in [6, 6.07) is 7.27. The van der Waals surface area contributed by atoms with Gasteiger partial charge in [-0.25, -0.2) is 4.99 Å². The Morgan fingerprint density at radius 2 is 1.71 bits per heavy atom. The maximum Gasteiger partial charge on any atom is 0.127 e. The summed E-state index contributed by atoms with van der Waals surface area (Å²) in [6.45, 7) is 13.8. The zero-order valence-electron chi connectivity index (χ0n) is 18.0. The van der Waals surface area contributed by atoms with Gasteiger partial charge in [0.15, 0.2) is 0 Å². The van der Waals surface area contributed by atoms with Crippen LogP contribution < -0.4 is 9.80 Å². The molecule has 1 aromatic rings. The van der Waals surface area contributed by atoms with Crippen LogP contribution in [0, 0.1) is 0 Å². The van der Waals surface area contributed by atoms with Gasteiger partial charge < -0.3 is 9.80 Å². The number of hydrogen-bond acceptors (Lipinski definition) is 3. The Morgan fingerprint density at radius 3 is 2.36 bits per heavy atom. The van der Waals surface area contributed by atoms with E-state index < -0.39 is 0 Å². The van der Waals surface area contributed by atoms with Crippen LogP contribution in [0.1, 0.15) is 53.4 Å². The van der Waals surface area contributed by atoms with Crippen molar-refractivity contribution in [1.82, 2.24) is 0 Å². The van der Waals surface area contributed by atoms with E-state index in [0.717, 1.165) is 24.5 Å². The topological polar surface area (TPSA) is 20.0 Å². The average molecular weight is 399 g/mol. The molecule has 1 aliphatic heterocycles. The molecular weight excluding hydrogens is 362 g/mol. The summed E-state index contributed by atoms with van der Waals surface area (Å²) in [4.78, 5) is 11.8. The number of thioether (sulfide) groups is 1. The number of allylic oxidation sites excluding steroid dienone is 2. The lowest BCUT2D eigenvalue weighted by Gasteiger charge is -2.29. The standard InChI is InChI=1S/C24H35N3S/c1-5-13-26(14-6-2)19-9-11-21-23(17-19)28-24-18-20(10-12-22(24)25-21)27(15-7-3)16-8-4/h9-12,17-19H,5-8,13-16H2,1-4H3/p+1. The largest absolute Gasteiger partial charge is 0.372 e. The Kier molecular flexibility index (Phi) is 7.81. The highest BCUT2D eigenvalue weighted by atomic mass is 32.2. The molecule has 3 nitrogen and oxygen atoms in total. The third kappa shape index (κ3) is 4.90. The molecule has 0 radical (unpaired) electrons. The Labute approximate surface area is 175 Å². The van der Waals surface area contributed by atoms with E-state index in [0.29, 0.717) is 6.04 Å². The first kappa shape index (κ1) is 21.2. The van der Waals surface area contributed by atoms with Crippen molar-refractivity contribution >= 4 is 28.8 Å². The predicted molar refractivity (Wildman–Crippen MR) is 124 cm³/mol. The van der Waals surface area contributed by atoms with Crippen LogP contribution in [0.4, 0.5) is 11.4 Å². The van der Waals surface area contributed by atoms with Crippen molar-refractivity contribution in [2.45, 2.75) is 64.3 Å². The van der Waals surface area contributed by atoms with Crippen molar-refractivity contribution in [1.29, 1.82) is 0 Å². The first-order chi connectivity index (χ1) is 13.7. The lowest BCUT2D eigenvalue weighted by Crippen LogP contribution is -3.15. The van der Waals surface area contributed by atoms with E-state index in [-0.39, 0.29) is 0 Å². The summed E-state index contributed by atoms with van der Waals surface area (Å²) in [6.07, 6.45) is 11.9. The third-order valence-corrected chi connectivity index (χ3v) is 6.53. The van der Waals surface area contributed by atoms with E-state index in [1.807, 2.05) is 11.8 Å². The highest BCUT2D eigenvalue weighted by molar-refractivity contribution is 8.04. The predicted octanol–water partition coefficient (Wildman–Crippen LogP) is 5.02. The number of nitrogens with one attached hydrogen (secondary N) is 1. The third-order valence-electron chi connectivity index (χ3n) is 5.41. The minimum Gasteiger partial charge on any atom is -0.372 e. The molecule has 1 N–H and O–H groups in total. The number of anilines is 1. The van der Waals surface area contributed by atoms with Crippen LogP contribution in [0.15, 0.2) is 51.2 Å². The molecule has 0 fully saturated rings. The van der Waals surface area contributed by atoms with Gasteiger partial charge >= 0.3 is 0 Å². The molecule has 0 spiro atoms. The van der Waals surface area contributed by atoms with E-state index in [1.165, 1.54) is 54.3 Å². The zero-order chi connectivity index (χ0) is 19.9. The molecule has 152 valence electrons. The van der Waals surface area contributed by atoms with Gasteiger partial charge in [0.2, 0.25) is 0 Å². The lowest BCUT2D eigenvalue weighted by molar-refractivity contribution is -0.912. The van der Waals surface area contributed by atoms with Crippen LogP contribution in [-0.2, 0) is 0 Å². The fraction of sp³-hybridized carbons (Fsp3) is 0.542. The van der Waals surface area contributed by atoms with Crippen LogP contribution >= 0.6 is 11.8 Å². The summed E-state index contributed by atoms with van der Waals surface area (Å²) in [5.74, 6) is 0. The molecule has 3 rings (SSSR count). The van der Waals surface area contributed by atoms with E-state index in [9.17, 15) is 0 Å². The van der Waals surface area contributed by atoms with Crippen molar-refractivity contribution in [3.63, 3.8) is 0 Å². The van der Waals surface area contributed by atoms with Gasteiger partial charge in [-0.15, -0.1) is 0 Å². The molecule has 1 aromatic carbocycles. The highest BCUT2D eigenvalue weighted by Crippen LogP contribution is 2.43. The monoisotopic (exact) mass is 398 g/mol.